The number of amides is 1. The largest absolute Gasteiger partial charge is 0.431 e. The minimum atomic E-state index is -0.730. The molecule has 1 heterocycles. The second kappa shape index (κ2) is 5.30. The standard InChI is InChI=1S/C10H15N5O2/c1-5-8(6-15-12-7-11-14-15)17-9(16)13-10(2,3)4/h1,7-8H,6H2,2-4H3,(H,13,16)/t8-/m1/s1. The van der Waals surface area contributed by atoms with Crippen LogP contribution in [0.1, 0.15) is 20.8 Å². The smallest absolute Gasteiger partial charge is 0.408 e. The van der Waals surface area contributed by atoms with E-state index in [2.05, 4.69) is 26.6 Å². The zero-order chi connectivity index (χ0) is 12.9. The molecule has 92 valence electrons. The fourth-order valence-corrected chi connectivity index (χ4v) is 1.01. The highest BCUT2D eigenvalue weighted by Crippen LogP contribution is 2.01. The topological polar surface area (TPSA) is 81.9 Å². The number of hydrogen-bond acceptors (Lipinski definition) is 5. The lowest BCUT2D eigenvalue weighted by molar-refractivity contribution is 0.104. The Labute approximate surface area is 99.5 Å². The molecule has 1 aromatic rings. The Morgan fingerprint density at radius 1 is 1.65 bits per heavy atom. The van der Waals surface area contributed by atoms with E-state index in [4.69, 9.17) is 11.2 Å². The minimum absolute atomic E-state index is 0.175. The number of rotatable bonds is 3. The van der Waals surface area contributed by atoms with Crippen LogP contribution in [0.4, 0.5) is 4.79 Å². The van der Waals surface area contributed by atoms with Crippen molar-refractivity contribution in [2.24, 2.45) is 0 Å². The monoisotopic (exact) mass is 237 g/mol. The molecule has 0 saturated carbocycles. The number of terminal acetylenes is 1. The summed E-state index contributed by atoms with van der Waals surface area (Å²) in [7, 11) is 0. The first-order valence-electron chi connectivity index (χ1n) is 5.06. The molecule has 0 aliphatic carbocycles. The number of alkyl carbamates (subject to hydrolysis) is 1. The lowest BCUT2D eigenvalue weighted by Gasteiger charge is -2.21. The Bertz CT molecular complexity index is 401. The molecule has 0 aliphatic rings. The Morgan fingerprint density at radius 2 is 2.35 bits per heavy atom. The molecule has 1 rings (SSSR count). The molecule has 0 radical (unpaired) electrons. The van der Waals surface area contributed by atoms with E-state index in [1.54, 1.807) is 0 Å². The Kier molecular flexibility index (Phi) is 4.04. The quantitative estimate of drug-likeness (QED) is 0.759. The molecule has 0 fully saturated rings. The van der Waals surface area contributed by atoms with Gasteiger partial charge in [0.25, 0.3) is 0 Å². The molecular weight excluding hydrogens is 222 g/mol. The molecule has 0 spiro atoms. The van der Waals surface area contributed by atoms with Gasteiger partial charge in [-0.25, -0.2) is 4.79 Å². The Hall–Kier alpha value is -2.10. The number of carbonyl (C=O) groups is 1. The molecule has 0 aliphatic heterocycles. The predicted octanol–water partition coefficient (Wildman–Crippen LogP) is 0.200. The number of aromatic nitrogens is 4. The summed E-state index contributed by atoms with van der Waals surface area (Å²) in [5.41, 5.74) is -0.373. The third-order valence-corrected chi connectivity index (χ3v) is 1.63. The van der Waals surface area contributed by atoms with E-state index in [0.29, 0.717) is 0 Å². The molecule has 7 nitrogen and oxygen atoms in total. The van der Waals surface area contributed by atoms with Gasteiger partial charge in [0.05, 0.1) is 0 Å². The number of carbonyl (C=O) groups excluding carboxylic acids is 1. The lowest BCUT2D eigenvalue weighted by Crippen LogP contribution is -2.42. The van der Waals surface area contributed by atoms with Gasteiger partial charge in [0.2, 0.25) is 0 Å². The molecule has 1 N–H and O–H groups in total. The van der Waals surface area contributed by atoms with Crippen LogP contribution in [0.3, 0.4) is 0 Å². The van der Waals surface area contributed by atoms with Crippen molar-refractivity contribution in [2.75, 3.05) is 0 Å². The van der Waals surface area contributed by atoms with Gasteiger partial charge in [-0.05, 0) is 26.0 Å². The summed E-state index contributed by atoms with van der Waals surface area (Å²) < 4.78 is 5.03. The van der Waals surface area contributed by atoms with Crippen LogP contribution in [-0.4, -0.2) is 37.9 Å². The number of hydrogen-bond donors (Lipinski definition) is 1. The summed E-state index contributed by atoms with van der Waals surface area (Å²) in [5.74, 6) is 2.35. The molecule has 1 aromatic heterocycles. The van der Waals surface area contributed by atoms with E-state index < -0.39 is 12.2 Å². The maximum absolute atomic E-state index is 11.5. The summed E-state index contributed by atoms with van der Waals surface area (Å²) in [6, 6.07) is 0. The average Bonchev–Trinajstić information content (AvgIpc) is 2.66. The van der Waals surface area contributed by atoms with Crippen LogP contribution in [0.5, 0.6) is 0 Å². The third-order valence-electron chi connectivity index (χ3n) is 1.63. The first-order valence-corrected chi connectivity index (χ1v) is 5.06. The Balaban J connectivity index is 2.48. The molecule has 0 bridgehead atoms. The van der Waals surface area contributed by atoms with Crippen molar-refractivity contribution in [3.63, 3.8) is 0 Å². The Morgan fingerprint density at radius 3 is 2.82 bits per heavy atom. The second-order valence-electron chi connectivity index (χ2n) is 4.43. The van der Waals surface area contributed by atoms with Gasteiger partial charge in [-0.3, -0.25) is 0 Å². The van der Waals surface area contributed by atoms with Crippen LogP contribution in [-0.2, 0) is 11.3 Å². The van der Waals surface area contributed by atoms with E-state index in [-0.39, 0.29) is 12.1 Å². The predicted molar refractivity (Wildman–Crippen MR) is 59.8 cm³/mol. The third kappa shape index (κ3) is 4.97. The highest BCUT2D eigenvalue weighted by atomic mass is 16.6. The van der Waals surface area contributed by atoms with Gasteiger partial charge < -0.3 is 10.1 Å². The number of nitrogens with zero attached hydrogens (tertiary/aromatic N) is 4. The summed E-state index contributed by atoms with van der Waals surface area (Å²) >= 11 is 0. The molecular formula is C10H15N5O2. The van der Waals surface area contributed by atoms with E-state index in [1.807, 2.05) is 20.8 Å². The van der Waals surface area contributed by atoms with Gasteiger partial charge in [-0.2, -0.15) is 4.80 Å². The maximum atomic E-state index is 11.5. The molecule has 1 amide bonds. The highest BCUT2D eigenvalue weighted by Gasteiger charge is 2.18. The zero-order valence-electron chi connectivity index (χ0n) is 10.0. The first-order chi connectivity index (χ1) is 7.90. The van der Waals surface area contributed by atoms with E-state index in [1.165, 1.54) is 11.1 Å². The van der Waals surface area contributed by atoms with Crippen molar-refractivity contribution in [1.29, 1.82) is 0 Å². The number of tetrazole rings is 1. The van der Waals surface area contributed by atoms with Crippen molar-refractivity contribution in [3.05, 3.63) is 6.33 Å². The molecule has 1 atom stereocenters. The van der Waals surface area contributed by atoms with Crippen molar-refractivity contribution in [3.8, 4) is 12.3 Å². The average molecular weight is 237 g/mol. The normalized spacial score (nSPS) is 12.6. The summed E-state index contributed by atoms with van der Waals surface area (Å²) in [6.07, 6.45) is 5.24. The molecule has 7 heteroatoms. The molecule has 17 heavy (non-hydrogen) atoms. The van der Waals surface area contributed by atoms with Gasteiger partial charge in [0, 0.05) is 5.54 Å². The van der Waals surface area contributed by atoms with Crippen molar-refractivity contribution >= 4 is 6.09 Å². The van der Waals surface area contributed by atoms with Crippen molar-refractivity contribution in [1.82, 2.24) is 25.5 Å². The van der Waals surface area contributed by atoms with Crippen LogP contribution in [0.2, 0.25) is 0 Å². The van der Waals surface area contributed by atoms with Crippen LogP contribution in [0.15, 0.2) is 6.33 Å². The van der Waals surface area contributed by atoms with Gasteiger partial charge in [0.15, 0.2) is 12.4 Å². The second-order valence-corrected chi connectivity index (χ2v) is 4.43. The van der Waals surface area contributed by atoms with Crippen LogP contribution in [0.25, 0.3) is 0 Å². The summed E-state index contributed by atoms with van der Waals surface area (Å²) in [4.78, 5) is 12.7. The van der Waals surface area contributed by atoms with E-state index in [0.717, 1.165) is 0 Å². The van der Waals surface area contributed by atoms with E-state index in [9.17, 15) is 4.79 Å². The van der Waals surface area contributed by atoms with Gasteiger partial charge in [0.1, 0.15) is 6.54 Å². The first kappa shape index (κ1) is 13.0. The summed E-state index contributed by atoms with van der Waals surface area (Å²) in [5, 5.41) is 13.6. The SMILES string of the molecule is C#C[C@H](Cn1ncnn1)OC(=O)NC(C)(C)C. The van der Waals surface area contributed by atoms with Crippen LogP contribution < -0.4 is 5.32 Å². The molecule has 0 aromatic carbocycles. The van der Waals surface area contributed by atoms with Gasteiger partial charge in [-0.15, -0.1) is 16.6 Å². The summed E-state index contributed by atoms with van der Waals surface area (Å²) in [6.45, 7) is 5.71. The van der Waals surface area contributed by atoms with Crippen molar-refractivity contribution in [2.45, 2.75) is 39.0 Å². The van der Waals surface area contributed by atoms with Crippen molar-refractivity contribution < 1.29 is 9.53 Å². The number of nitrogens with one attached hydrogen (secondary N) is 1. The fourth-order valence-electron chi connectivity index (χ4n) is 1.01. The number of ether oxygens (including phenoxy) is 1. The van der Waals surface area contributed by atoms with E-state index >= 15 is 0 Å². The van der Waals surface area contributed by atoms with Crippen LogP contribution >= 0.6 is 0 Å². The van der Waals surface area contributed by atoms with Gasteiger partial charge >= 0.3 is 6.09 Å². The molecule has 0 unspecified atom stereocenters. The van der Waals surface area contributed by atoms with Gasteiger partial charge in [-0.1, -0.05) is 5.92 Å². The molecule has 0 saturated heterocycles. The van der Waals surface area contributed by atoms with Crippen LogP contribution in [0, 0.1) is 12.3 Å². The minimum Gasteiger partial charge on any atom is -0.431 e. The maximum Gasteiger partial charge on any atom is 0.408 e. The highest BCUT2D eigenvalue weighted by molar-refractivity contribution is 5.68. The fraction of sp³-hybridized carbons (Fsp3) is 0.600. The zero-order valence-corrected chi connectivity index (χ0v) is 10.0. The lowest BCUT2D eigenvalue weighted by atomic mass is 10.1.